The van der Waals surface area contributed by atoms with Gasteiger partial charge in [-0.1, -0.05) is 56.0 Å². The molecule has 0 bridgehead atoms. The van der Waals surface area contributed by atoms with Crippen LogP contribution < -0.4 is 10.2 Å². The molecule has 0 aliphatic heterocycles. The summed E-state index contributed by atoms with van der Waals surface area (Å²) in [6.07, 6.45) is 3.23. The number of rotatable bonds is 14. The summed E-state index contributed by atoms with van der Waals surface area (Å²) in [4.78, 5) is 21.2. The summed E-state index contributed by atoms with van der Waals surface area (Å²) in [5, 5.41) is 8.95. The Balaban J connectivity index is 1.37. The molecular weight excluding hydrogens is 448 g/mol. The number of carbonyl (C=O) groups is 1. The Morgan fingerprint density at radius 1 is 1.09 bits per heavy atom. The van der Waals surface area contributed by atoms with Crippen LogP contribution in [0.4, 0.5) is 0 Å². The molecule has 0 saturated heterocycles. The van der Waals surface area contributed by atoms with Crippen molar-refractivity contribution < 1.29 is 19.5 Å². The van der Waals surface area contributed by atoms with E-state index in [0.29, 0.717) is 31.1 Å². The van der Waals surface area contributed by atoms with Gasteiger partial charge in [0.15, 0.2) is 0 Å². The van der Waals surface area contributed by atoms with Crippen LogP contribution in [0.1, 0.15) is 24.5 Å². The Morgan fingerprint density at radius 3 is 2.50 bits per heavy atom. The molecule has 1 unspecified atom stereocenters. The third kappa shape index (κ3) is 7.93. The van der Waals surface area contributed by atoms with Crippen LogP contribution in [0.2, 0.25) is 0 Å². The number of hydrogen-bond acceptors (Lipinski definition) is 6. The number of aliphatic carboxylic acids is 1. The summed E-state index contributed by atoms with van der Waals surface area (Å²) < 4.78 is 5.71. The molecule has 3 rings (SSSR count). The van der Waals surface area contributed by atoms with Gasteiger partial charge in [-0.05, 0) is 54.0 Å². The lowest BCUT2D eigenvalue weighted by Crippen LogP contribution is -2.19. The first-order chi connectivity index (χ1) is 16.6. The molecule has 2 aromatic carbocycles. The highest BCUT2D eigenvalue weighted by Crippen LogP contribution is 2.21. The van der Waals surface area contributed by atoms with Crippen molar-refractivity contribution in [2.24, 2.45) is 0 Å². The first kappa shape index (κ1) is 25.3. The van der Waals surface area contributed by atoms with E-state index in [1.54, 1.807) is 6.20 Å². The summed E-state index contributed by atoms with van der Waals surface area (Å²) in [6.45, 7) is 6.76. The van der Waals surface area contributed by atoms with E-state index in [2.05, 4.69) is 17.0 Å². The van der Waals surface area contributed by atoms with Gasteiger partial charge in [0.05, 0.1) is 11.4 Å². The molecule has 1 aromatic heterocycles. The molecule has 3 aromatic rings. The number of hydroxylamine groups is 1. The summed E-state index contributed by atoms with van der Waals surface area (Å²) in [5.74, 6) is 0.785. The molecule has 0 aliphatic rings. The molecule has 1 atom stereocenters. The zero-order valence-corrected chi connectivity index (χ0v) is 20.1. The number of carboxylic acid groups (broad SMARTS) is 1. The number of carboxylic acids is 1. The second kappa shape index (κ2) is 13.4. The fraction of sp³-hybridized carbons (Fsp3) is 0.259. The molecule has 178 valence electrons. The number of nitrogens with zero attached hydrogens (tertiary/aromatic N) is 1. The van der Waals surface area contributed by atoms with E-state index in [0.717, 1.165) is 34.6 Å². The number of hydrogen-bond donors (Lipinski definition) is 2. The van der Waals surface area contributed by atoms with Crippen molar-refractivity contribution in [3.8, 4) is 17.0 Å². The van der Waals surface area contributed by atoms with Crippen LogP contribution in [0.5, 0.6) is 5.75 Å². The fourth-order valence-corrected chi connectivity index (χ4v) is 4.16. The Morgan fingerprint density at radius 2 is 1.85 bits per heavy atom. The minimum atomic E-state index is -0.769. The van der Waals surface area contributed by atoms with Crippen LogP contribution in [-0.2, 0) is 16.1 Å². The summed E-state index contributed by atoms with van der Waals surface area (Å²) >= 11 is 1.48. The zero-order chi connectivity index (χ0) is 24.2. The monoisotopic (exact) mass is 478 g/mol. The number of thioether (sulfide) groups is 1. The van der Waals surface area contributed by atoms with E-state index in [-0.39, 0.29) is 0 Å². The first-order valence-electron chi connectivity index (χ1n) is 11.2. The van der Waals surface area contributed by atoms with Crippen LogP contribution >= 0.6 is 11.8 Å². The number of ether oxygens (including phenoxy) is 1. The molecule has 0 radical (unpaired) electrons. The van der Waals surface area contributed by atoms with Gasteiger partial charge in [0, 0.05) is 11.8 Å². The van der Waals surface area contributed by atoms with Gasteiger partial charge in [0.2, 0.25) is 0 Å². The summed E-state index contributed by atoms with van der Waals surface area (Å²) in [5.41, 5.74) is 7.38. The van der Waals surface area contributed by atoms with Crippen molar-refractivity contribution in [3.05, 3.63) is 90.6 Å². The lowest BCUT2D eigenvalue weighted by Gasteiger charge is -2.13. The molecular formula is C27H30N2O4S. The highest BCUT2D eigenvalue weighted by molar-refractivity contribution is 8.00. The van der Waals surface area contributed by atoms with E-state index in [4.69, 9.17) is 9.57 Å². The number of aromatic nitrogens is 1. The van der Waals surface area contributed by atoms with Crippen molar-refractivity contribution in [3.63, 3.8) is 0 Å². The lowest BCUT2D eigenvalue weighted by molar-refractivity contribution is -0.136. The van der Waals surface area contributed by atoms with E-state index in [9.17, 15) is 9.90 Å². The molecule has 0 fully saturated rings. The second-order valence-corrected chi connectivity index (χ2v) is 8.93. The second-order valence-electron chi connectivity index (χ2n) is 7.62. The molecule has 0 saturated carbocycles. The topological polar surface area (TPSA) is 80.7 Å². The van der Waals surface area contributed by atoms with Gasteiger partial charge >= 0.3 is 5.97 Å². The van der Waals surface area contributed by atoms with Crippen LogP contribution in [0.25, 0.3) is 17.0 Å². The van der Waals surface area contributed by atoms with Gasteiger partial charge in [-0.15, -0.1) is 11.8 Å². The van der Waals surface area contributed by atoms with Gasteiger partial charge < -0.3 is 9.84 Å². The van der Waals surface area contributed by atoms with Gasteiger partial charge in [-0.3, -0.25) is 20.1 Å². The summed E-state index contributed by atoms with van der Waals surface area (Å²) in [6, 6.07) is 21.3. The summed E-state index contributed by atoms with van der Waals surface area (Å²) in [7, 11) is 0. The highest BCUT2D eigenvalue weighted by atomic mass is 32.2. The van der Waals surface area contributed by atoms with Gasteiger partial charge in [0.1, 0.15) is 24.2 Å². The maximum Gasteiger partial charge on any atom is 0.316 e. The zero-order valence-electron chi connectivity index (χ0n) is 19.3. The third-order valence-corrected chi connectivity index (χ3v) is 6.40. The van der Waals surface area contributed by atoms with Crippen LogP contribution in [-0.4, -0.2) is 40.3 Å². The number of benzene rings is 2. The third-order valence-electron chi connectivity index (χ3n) is 4.99. The predicted molar refractivity (Wildman–Crippen MR) is 138 cm³/mol. The average molecular weight is 479 g/mol. The average Bonchev–Trinajstić information content (AvgIpc) is 2.87. The van der Waals surface area contributed by atoms with Crippen molar-refractivity contribution in [2.45, 2.75) is 25.0 Å². The largest absolute Gasteiger partial charge is 0.491 e. The molecule has 0 spiro atoms. The standard InChI is InChI=1S/C27H30N2O4S/c1-3-18-34-26(27(30)31)19-21-7-13-24(14-8-21)32-16-17-33-29-20(2)22-9-11-23(12-10-22)25-6-4-5-15-28-25/h4-15,26,29H,2-3,16-19H2,1H3,(H,30,31). The van der Waals surface area contributed by atoms with Crippen molar-refractivity contribution in [1.29, 1.82) is 0 Å². The number of nitrogens with one attached hydrogen (secondary N) is 1. The minimum absolute atomic E-state index is 0.335. The Hall–Kier alpha value is -3.29. The van der Waals surface area contributed by atoms with E-state index >= 15 is 0 Å². The first-order valence-corrected chi connectivity index (χ1v) is 12.3. The van der Waals surface area contributed by atoms with Crippen molar-refractivity contribution >= 4 is 23.4 Å². The van der Waals surface area contributed by atoms with Gasteiger partial charge in [-0.25, -0.2) is 0 Å². The van der Waals surface area contributed by atoms with E-state index in [1.165, 1.54) is 11.8 Å². The Kier molecular flexibility index (Phi) is 10.0. The number of pyridine rings is 1. The molecule has 7 heteroatoms. The van der Waals surface area contributed by atoms with Crippen LogP contribution in [0.15, 0.2) is 79.5 Å². The highest BCUT2D eigenvalue weighted by Gasteiger charge is 2.18. The van der Waals surface area contributed by atoms with Gasteiger partial charge in [0.25, 0.3) is 0 Å². The van der Waals surface area contributed by atoms with Crippen LogP contribution in [0.3, 0.4) is 0 Å². The normalized spacial score (nSPS) is 11.6. The maximum atomic E-state index is 11.4. The Labute approximate surface area is 205 Å². The molecule has 34 heavy (non-hydrogen) atoms. The predicted octanol–water partition coefficient (Wildman–Crippen LogP) is 5.46. The van der Waals surface area contributed by atoms with E-state index < -0.39 is 11.2 Å². The van der Waals surface area contributed by atoms with E-state index in [1.807, 2.05) is 73.7 Å². The molecule has 6 nitrogen and oxygen atoms in total. The molecule has 1 heterocycles. The molecule has 0 aliphatic carbocycles. The lowest BCUT2D eigenvalue weighted by atomic mass is 10.1. The van der Waals surface area contributed by atoms with Crippen molar-refractivity contribution in [2.75, 3.05) is 19.0 Å². The smallest absolute Gasteiger partial charge is 0.316 e. The van der Waals surface area contributed by atoms with Crippen LogP contribution in [0, 0.1) is 0 Å². The fourth-order valence-electron chi connectivity index (χ4n) is 3.19. The van der Waals surface area contributed by atoms with Crippen molar-refractivity contribution in [1.82, 2.24) is 10.5 Å². The SMILES string of the molecule is C=C(NOCCOc1ccc(CC(SCCC)C(=O)O)cc1)c1ccc(-c2ccccn2)cc1. The Bertz CT molecular complexity index is 1040. The molecule has 2 N–H and O–H groups in total. The minimum Gasteiger partial charge on any atom is -0.491 e. The molecule has 0 amide bonds. The van der Waals surface area contributed by atoms with Gasteiger partial charge in [-0.2, -0.15) is 0 Å². The maximum absolute atomic E-state index is 11.4. The quantitative estimate of drug-likeness (QED) is 0.235.